The Kier molecular flexibility index (Phi) is 6.16. The fourth-order valence-electron chi connectivity index (χ4n) is 1.40. The van der Waals surface area contributed by atoms with Crippen molar-refractivity contribution in [3.63, 3.8) is 0 Å². The van der Waals surface area contributed by atoms with Gasteiger partial charge in [-0.15, -0.1) is 0 Å². The minimum absolute atomic E-state index is 0.370. The SMILES string of the molecule is CN(C)CCCOc1ccccc1C#CCN. The second-order valence-corrected chi connectivity index (χ2v) is 4.01. The molecule has 0 radical (unpaired) electrons. The minimum atomic E-state index is 0.370. The maximum Gasteiger partial charge on any atom is 0.134 e. The molecule has 0 aromatic heterocycles. The predicted octanol–water partition coefficient (Wildman–Crippen LogP) is 1.33. The van der Waals surface area contributed by atoms with Crippen LogP contribution in [-0.2, 0) is 0 Å². The first-order valence-electron chi connectivity index (χ1n) is 5.79. The van der Waals surface area contributed by atoms with Crippen molar-refractivity contribution in [1.29, 1.82) is 0 Å². The highest BCUT2D eigenvalue weighted by Crippen LogP contribution is 2.16. The standard InChI is InChI=1S/C14H20N2O/c1-16(2)11-6-12-17-14-9-4-3-7-13(14)8-5-10-15/h3-4,7,9H,6,10-12,15H2,1-2H3. The van der Waals surface area contributed by atoms with Gasteiger partial charge in [0.1, 0.15) is 5.75 Å². The Morgan fingerprint density at radius 1 is 1.29 bits per heavy atom. The van der Waals surface area contributed by atoms with Crippen molar-refractivity contribution in [3.05, 3.63) is 29.8 Å². The predicted molar refractivity (Wildman–Crippen MR) is 71.0 cm³/mol. The Balaban J connectivity index is 2.52. The Morgan fingerprint density at radius 2 is 2.06 bits per heavy atom. The number of benzene rings is 1. The van der Waals surface area contributed by atoms with E-state index in [0.29, 0.717) is 13.2 Å². The van der Waals surface area contributed by atoms with Crippen molar-refractivity contribution in [2.24, 2.45) is 5.73 Å². The van der Waals surface area contributed by atoms with E-state index < -0.39 is 0 Å². The van der Waals surface area contributed by atoms with E-state index in [9.17, 15) is 0 Å². The molecule has 17 heavy (non-hydrogen) atoms. The molecule has 2 N–H and O–H groups in total. The van der Waals surface area contributed by atoms with Crippen molar-refractivity contribution in [1.82, 2.24) is 4.90 Å². The molecule has 0 saturated heterocycles. The summed E-state index contributed by atoms with van der Waals surface area (Å²) in [6.07, 6.45) is 1.01. The first kappa shape index (κ1) is 13.6. The maximum absolute atomic E-state index is 5.71. The topological polar surface area (TPSA) is 38.5 Å². The molecule has 1 aromatic rings. The van der Waals surface area contributed by atoms with Gasteiger partial charge < -0.3 is 15.4 Å². The summed E-state index contributed by atoms with van der Waals surface area (Å²) >= 11 is 0. The average Bonchev–Trinajstić information content (AvgIpc) is 2.33. The van der Waals surface area contributed by atoms with Gasteiger partial charge in [0.25, 0.3) is 0 Å². The van der Waals surface area contributed by atoms with Gasteiger partial charge in [-0.3, -0.25) is 0 Å². The highest BCUT2D eigenvalue weighted by molar-refractivity contribution is 5.45. The lowest BCUT2D eigenvalue weighted by Crippen LogP contribution is -2.15. The summed E-state index contributed by atoms with van der Waals surface area (Å²) in [5.74, 6) is 6.70. The third-order valence-corrected chi connectivity index (χ3v) is 2.22. The van der Waals surface area contributed by atoms with Crippen LogP contribution in [0.4, 0.5) is 0 Å². The number of ether oxygens (including phenoxy) is 1. The van der Waals surface area contributed by atoms with Crippen molar-refractivity contribution >= 4 is 0 Å². The molecule has 0 aliphatic carbocycles. The van der Waals surface area contributed by atoms with Gasteiger partial charge in [0.05, 0.1) is 18.7 Å². The molecule has 0 heterocycles. The summed E-state index contributed by atoms with van der Waals surface area (Å²) in [4.78, 5) is 2.14. The molecule has 0 aliphatic heterocycles. The number of hydrogen-bond donors (Lipinski definition) is 1. The zero-order chi connectivity index (χ0) is 12.5. The van der Waals surface area contributed by atoms with Gasteiger partial charge >= 0.3 is 0 Å². The largest absolute Gasteiger partial charge is 0.492 e. The summed E-state index contributed by atoms with van der Waals surface area (Å²) in [5, 5.41) is 0. The maximum atomic E-state index is 5.71. The van der Waals surface area contributed by atoms with Crippen LogP contribution in [-0.4, -0.2) is 38.7 Å². The van der Waals surface area contributed by atoms with Crippen LogP contribution in [0.15, 0.2) is 24.3 Å². The third-order valence-electron chi connectivity index (χ3n) is 2.22. The molecule has 3 nitrogen and oxygen atoms in total. The van der Waals surface area contributed by atoms with E-state index in [1.165, 1.54) is 0 Å². The third kappa shape index (κ3) is 5.39. The van der Waals surface area contributed by atoms with E-state index in [1.54, 1.807) is 0 Å². The average molecular weight is 232 g/mol. The highest BCUT2D eigenvalue weighted by atomic mass is 16.5. The van der Waals surface area contributed by atoms with Crippen LogP contribution in [0.3, 0.4) is 0 Å². The van der Waals surface area contributed by atoms with Crippen molar-refractivity contribution in [2.75, 3.05) is 33.8 Å². The van der Waals surface area contributed by atoms with E-state index in [0.717, 1.165) is 24.3 Å². The number of hydrogen-bond acceptors (Lipinski definition) is 3. The van der Waals surface area contributed by atoms with Gasteiger partial charge in [-0.2, -0.15) is 0 Å². The number of rotatable bonds is 5. The molecular weight excluding hydrogens is 212 g/mol. The van der Waals surface area contributed by atoms with Crippen LogP contribution in [0.5, 0.6) is 5.75 Å². The molecule has 92 valence electrons. The molecular formula is C14H20N2O. The fourth-order valence-corrected chi connectivity index (χ4v) is 1.40. The highest BCUT2D eigenvalue weighted by Gasteiger charge is 1.99. The first-order chi connectivity index (χ1) is 8.24. The Morgan fingerprint density at radius 3 is 2.76 bits per heavy atom. The molecule has 3 heteroatoms. The summed E-state index contributed by atoms with van der Waals surface area (Å²) < 4.78 is 5.71. The lowest BCUT2D eigenvalue weighted by atomic mass is 10.2. The van der Waals surface area contributed by atoms with Crippen LogP contribution >= 0.6 is 0 Å². The first-order valence-corrected chi connectivity index (χ1v) is 5.79. The van der Waals surface area contributed by atoms with E-state index in [2.05, 4.69) is 30.8 Å². The van der Waals surface area contributed by atoms with E-state index in [1.807, 2.05) is 24.3 Å². The summed E-state index contributed by atoms with van der Waals surface area (Å²) in [6, 6.07) is 7.79. The summed E-state index contributed by atoms with van der Waals surface area (Å²) in [6.45, 7) is 2.10. The van der Waals surface area contributed by atoms with Crippen LogP contribution in [0, 0.1) is 11.8 Å². The van der Waals surface area contributed by atoms with E-state index >= 15 is 0 Å². The minimum Gasteiger partial charge on any atom is -0.492 e. The molecule has 0 aliphatic rings. The Labute approximate surface area is 104 Å². The van der Waals surface area contributed by atoms with Gasteiger partial charge in [-0.1, -0.05) is 24.0 Å². The Bertz CT molecular complexity index is 391. The van der Waals surface area contributed by atoms with Gasteiger partial charge in [0.2, 0.25) is 0 Å². The normalized spacial score (nSPS) is 9.88. The monoisotopic (exact) mass is 232 g/mol. The van der Waals surface area contributed by atoms with Crippen molar-refractivity contribution in [2.45, 2.75) is 6.42 Å². The number of para-hydroxylation sites is 1. The summed E-state index contributed by atoms with van der Waals surface area (Å²) in [5.41, 5.74) is 6.27. The van der Waals surface area contributed by atoms with Crippen molar-refractivity contribution in [3.8, 4) is 17.6 Å². The molecule has 0 bridgehead atoms. The number of nitrogens with two attached hydrogens (primary N) is 1. The van der Waals surface area contributed by atoms with Gasteiger partial charge in [-0.05, 0) is 32.6 Å². The number of nitrogens with zero attached hydrogens (tertiary/aromatic N) is 1. The molecule has 1 rings (SSSR count). The molecule has 1 aromatic carbocycles. The zero-order valence-electron chi connectivity index (χ0n) is 10.6. The van der Waals surface area contributed by atoms with Crippen LogP contribution in [0.2, 0.25) is 0 Å². The van der Waals surface area contributed by atoms with E-state index in [4.69, 9.17) is 10.5 Å². The molecule has 0 saturated carbocycles. The van der Waals surface area contributed by atoms with Crippen LogP contribution in [0.25, 0.3) is 0 Å². The lowest BCUT2D eigenvalue weighted by Gasteiger charge is -2.11. The molecule has 0 spiro atoms. The van der Waals surface area contributed by atoms with Crippen molar-refractivity contribution < 1.29 is 4.74 Å². The Hall–Kier alpha value is -1.50. The molecule has 0 atom stereocenters. The van der Waals surface area contributed by atoms with Gasteiger partial charge in [-0.25, -0.2) is 0 Å². The van der Waals surface area contributed by atoms with Gasteiger partial charge in [0, 0.05) is 6.54 Å². The smallest absolute Gasteiger partial charge is 0.134 e. The second kappa shape index (κ2) is 7.72. The van der Waals surface area contributed by atoms with Crippen LogP contribution < -0.4 is 10.5 Å². The van der Waals surface area contributed by atoms with E-state index in [-0.39, 0.29) is 0 Å². The fraction of sp³-hybridized carbons (Fsp3) is 0.429. The second-order valence-electron chi connectivity index (χ2n) is 4.01. The molecule has 0 fully saturated rings. The quantitative estimate of drug-likeness (QED) is 0.615. The molecule has 0 unspecified atom stereocenters. The molecule has 0 amide bonds. The van der Waals surface area contributed by atoms with Crippen LogP contribution in [0.1, 0.15) is 12.0 Å². The summed E-state index contributed by atoms with van der Waals surface area (Å²) in [7, 11) is 4.11. The zero-order valence-corrected chi connectivity index (χ0v) is 10.6. The van der Waals surface area contributed by atoms with Gasteiger partial charge in [0.15, 0.2) is 0 Å². The lowest BCUT2D eigenvalue weighted by molar-refractivity contribution is 0.281.